The van der Waals surface area contributed by atoms with Crippen molar-refractivity contribution in [3.8, 4) is 0 Å². The highest BCUT2D eigenvalue weighted by Crippen LogP contribution is 2.20. The number of hydrogen-bond donors (Lipinski definition) is 2. The number of carboxylic acid groups (broad SMARTS) is 1. The zero-order valence-corrected chi connectivity index (χ0v) is 9.83. The molecule has 1 aliphatic rings. The van der Waals surface area contributed by atoms with Crippen LogP contribution < -0.4 is 0 Å². The lowest BCUT2D eigenvalue weighted by molar-refractivity contribution is -0.131. The van der Waals surface area contributed by atoms with Crippen molar-refractivity contribution >= 4 is 23.5 Å². The fourth-order valence-corrected chi connectivity index (χ4v) is 2.11. The Hall–Kier alpha value is -1.56. The molecule has 1 aromatic rings. The van der Waals surface area contributed by atoms with Crippen molar-refractivity contribution in [2.75, 3.05) is 12.4 Å². The molecule has 0 saturated heterocycles. The first-order chi connectivity index (χ1) is 8.13. The van der Waals surface area contributed by atoms with E-state index >= 15 is 0 Å². The topological polar surface area (TPSA) is 86.3 Å². The number of carbonyl (C=O) groups excluding carboxylic acids is 1. The molecule has 1 aliphatic heterocycles. The summed E-state index contributed by atoms with van der Waals surface area (Å²) < 4.78 is 0. The molecule has 7 heteroatoms. The van der Waals surface area contributed by atoms with Crippen LogP contribution in [0.3, 0.4) is 0 Å². The Kier molecular flexibility index (Phi) is 3.33. The number of carbonyl (C=O) groups is 2. The van der Waals surface area contributed by atoms with Crippen molar-refractivity contribution in [1.82, 2.24) is 15.1 Å². The van der Waals surface area contributed by atoms with Gasteiger partial charge in [-0.15, -0.1) is 11.6 Å². The maximum atomic E-state index is 11.6. The maximum absolute atomic E-state index is 11.6. The zero-order valence-electron chi connectivity index (χ0n) is 9.07. The number of hydrogen-bond acceptors (Lipinski definition) is 3. The number of fused-ring (bicyclic) bond motifs is 1. The molecule has 2 N–H and O–H groups in total. The van der Waals surface area contributed by atoms with Gasteiger partial charge in [0.25, 0.3) is 0 Å². The van der Waals surface area contributed by atoms with Gasteiger partial charge in [-0.05, 0) is 6.42 Å². The predicted molar refractivity (Wildman–Crippen MR) is 60.0 cm³/mol. The number of carboxylic acids is 1. The van der Waals surface area contributed by atoms with Crippen LogP contribution in [-0.2, 0) is 17.8 Å². The molecule has 0 bridgehead atoms. The van der Waals surface area contributed by atoms with E-state index in [0.29, 0.717) is 43.1 Å². The van der Waals surface area contributed by atoms with Crippen LogP contribution in [0.15, 0.2) is 0 Å². The van der Waals surface area contributed by atoms with Crippen LogP contribution in [0.1, 0.15) is 28.2 Å². The van der Waals surface area contributed by atoms with Crippen molar-refractivity contribution in [2.45, 2.75) is 19.4 Å². The Balaban J connectivity index is 2.15. The van der Waals surface area contributed by atoms with Crippen LogP contribution in [0.4, 0.5) is 0 Å². The van der Waals surface area contributed by atoms with Gasteiger partial charge in [-0.3, -0.25) is 9.89 Å². The summed E-state index contributed by atoms with van der Waals surface area (Å²) in [5.41, 5.74) is 1.47. The summed E-state index contributed by atoms with van der Waals surface area (Å²) in [5.74, 6) is -0.758. The second-order valence-electron chi connectivity index (χ2n) is 3.84. The van der Waals surface area contributed by atoms with Crippen molar-refractivity contribution in [3.05, 3.63) is 17.0 Å². The van der Waals surface area contributed by atoms with Crippen LogP contribution in [0.5, 0.6) is 0 Å². The van der Waals surface area contributed by atoms with Gasteiger partial charge in [0, 0.05) is 24.4 Å². The van der Waals surface area contributed by atoms with E-state index in [-0.39, 0.29) is 11.6 Å². The number of amides is 1. The molecule has 0 atom stereocenters. The number of halogens is 1. The number of nitrogens with zero attached hydrogens (tertiary/aromatic N) is 2. The zero-order chi connectivity index (χ0) is 12.4. The van der Waals surface area contributed by atoms with E-state index < -0.39 is 5.97 Å². The second-order valence-corrected chi connectivity index (χ2v) is 4.22. The number of aromatic carboxylic acids is 1. The minimum Gasteiger partial charge on any atom is -0.476 e. The summed E-state index contributed by atoms with van der Waals surface area (Å²) >= 11 is 5.52. The Morgan fingerprint density at radius 1 is 1.53 bits per heavy atom. The smallest absolute Gasteiger partial charge is 0.356 e. The third-order valence-electron chi connectivity index (χ3n) is 2.80. The molecule has 92 valence electrons. The molecular formula is C10H12ClN3O3. The number of aromatic amines is 1. The molecule has 6 nitrogen and oxygen atoms in total. The number of H-pyrrole nitrogens is 1. The molecule has 1 aromatic heterocycles. The first-order valence-corrected chi connectivity index (χ1v) is 5.80. The lowest BCUT2D eigenvalue weighted by Crippen LogP contribution is -2.36. The lowest BCUT2D eigenvalue weighted by atomic mass is 10.0. The molecule has 0 aliphatic carbocycles. The molecule has 2 heterocycles. The molecule has 0 saturated carbocycles. The molecule has 0 unspecified atom stereocenters. The Bertz CT molecular complexity index is 458. The summed E-state index contributed by atoms with van der Waals surface area (Å²) in [6.45, 7) is 0.897. The van der Waals surface area contributed by atoms with E-state index in [9.17, 15) is 9.59 Å². The van der Waals surface area contributed by atoms with Gasteiger partial charge in [0.1, 0.15) is 0 Å². The van der Waals surface area contributed by atoms with Gasteiger partial charge in [0.15, 0.2) is 5.69 Å². The molecule has 2 rings (SSSR count). The predicted octanol–water partition coefficient (Wildman–Crippen LogP) is 0.621. The van der Waals surface area contributed by atoms with Crippen LogP contribution in [0, 0.1) is 0 Å². The standard InChI is InChI=1S/C10H12ClN3O3/c11-3-1-8(15)14-4-2-6-7(5-14)12-13-9(6)10(16)17/h1-5H2,(H,12,13)(H,16,17). The molecule has 0 aromatic carbocycles. The minimum atomic E-state index is -1.04. The Morgan fingerprint density at radius 3 is 2.94 bits per heavy atom. The summed E-state index contributed by atoms with van der Waals surface area (Å²) in [7, 11) is 0. The monoisotopic (exact) mass is 257 g/mol. The molecule has 1 amide bonds. The lowest BCUT2D eigenvalue weighted by Gasteiger charge is -2.26. The van der Waals surface area contributed by atoms with Crippen LogP contribution >= 0.6 is 11.6 Å². The van der Waals surface area contributed by atoms with Gasteiger partial charge in [-0.25, -0.2) is 4.79 Å². The molecule has 0 fully saturated rings. The normalized spacial score (nSPS) is 14.5. The first kappa shape index (κ1) is 11.9. The first-order valence-electron chi connectivity index (χ1n) is 5.26. The third kappa shape index (κ3) is 2.26. The number of aromatic nitrogens is 2. The largest absolute Gasteiger partial charge is 0.476 e. The Labute approximate surface area is 103 Å². The van der Waals surface area contributed by atoms with Gasteiger partial charge >= 0.3 is 5.97 Å². The average Bonchev–Trinajstić information content (AvgIpc) is 2.71. The van der Waals surface area contributed by atoms with Crippen molar-refractivity contribution in [2.24, 2.45) is 0 Å². The summed E-state index contributed by atoms with van der Waals surface area (Å²) in [6.07, 6.45) is 0.818. The van der Waals surface area contributed by atoms with Gasteiger partial charge in [-0.2, -0.15) is 5.10 Å². The summed E-state index contributed by atoms with van der Waals surface area (Å²) in [4.78, 5) is 24.2. The highest BCUT2D eigenvalue weighted by Gasteiger charge is 2.26. The molecule has 0 spiro atoms. The van der Waals surface area contributed by atoms with E-state index in [1.165, 1.54) is 0 Å². The maximum Gasteiger partial charge on any atom is 0.356 e. The van der Waals surface area contributed by atoms with E-state index in [1.54, 1.807) is 4.90 Å². The number of alkyl halides is 1. The fraction of sp³-hybridized carbons (Fsp3) is 0.500. The van der Waals surface area contributed by atoms with Gasteiger partial charge in [-0.1, -0.05) is 0 Å². The highest BCUT2D eigenvalue weighted by atomic mass is 35.5. The SMILES string of the molecule is O=C(O)c1n[nH]c2c1CCN(C(=O)CCCl)C2. The minimum absolute atomic E-state index is 0.0166. The van der Waals surface area contributed by atoms with Crippen molar-refractivity contribution in [3.63, 3.8) is 0 Å². The molecular weight excluding hydrogens is 246 g/mol. The van der Waals surface area contributed by atoms with E-state index in [4.69, 9.17) is 16.7 Å². The second kappa shape index (κ2) is 4.75. The summed E-state index contributed by atoms with van der Waals surface area (Å²) in [6, 6.07) is 0. The van der Waals surface area contributed by atoms with Crippen LogP contribution in [0.25, 0.3) is 0 Å². The van der Waals surface area contributed by atoms with Crippen LogP contribution in [-0.4, -0.2) is 44.5 Å². The highest BCUT2D eigenvalue weighted by molar-refractivity contribution is 6.18. The molecule has 0 radical (unpaired) electrons. The van der Waals surface area contributed by atoms with E-state index in [1.807, 2.05) is 0 Å². The molecule has 17 heavy (non-hydrogen) atoms. The summed E-state index contributed by atoms with van der Waals surface area (Å²) in [5, 5.41) is 15.3. The van der Waals surface area contributed by atoms with Crippen LogP contribution in [0.2, 0.25) is 0 Å². The third-order valence-corrected chi connectivity index (χ3v) is 2.99. The Morgan fingerprint density at radius 2 is 2.29 bits per heavy atom. The fourth-order valence-electron chi connectivity index (χ4n) is 1.95. The quantitative estimate of drug-likeness (QED) is 0.778. The number of rotatable bonds is 3. The number of nitrogens with one attached hydrogen (secondary N) is 1. The van der Waals surface area contributed by atoms with Crippen molar-refractivity contribution in [1.29, 1.82) is 0 Å². The van der Waals surface area contributed by atoms with Gasteiger partial charge < -0.3 is 10.0 Å². The van der Waals surface area contributed by atoms with E-state index in [2.05, 4.69) is 10.2 Å². The van der Waals surface area contributed by atoms with Gasteiger partial charge in [0.2, 0.25) is 5.91 Å². The van der Waals surface area contributed by atoms with Gasteiger partial charge in [0.05, 0.1) is 12.2 Å². The van der Waals surface area contributed by atoms with E-state index in [0.717, 1.165) is 0 Å². The van der Waals surface area contributed by atoms with Crippen molar-refractivity contribution < 1.29 is 14.7 Å². The average molecular weight is 258 g/mol.